The van der Waals surface area contributed by atoms with Crippen molar-refractivity contribution in [1.29, 1.82) is 0 Å². The van der Waals surface area contributed by atoms with E-state index in [1.165, 1.54) is 0 Å². The minimum atomic E-state index is -1.04. The third-order valence-electron chi connectivity index (χ3n) is 3.39. The highest BCUT2D eigenvalue weighted by Crippen LogP contribution is 2.12. The van der Waals surface area contributed by atoms with Crippen molar-refractivity contribution in [3.8, 4) is 0 Å². The van der Waals surface area contributed by atoms with Gasteiger partial charge in [0.1, 0.15) is 0 Å². The number of carbonyl (C=O) groups is 1. The van der Waals surface area contributed by atoms with Gasteiger partial charge in [0.25, 0.3) is 0 Å². The van der Waals surface area contributed by atoms with Gasteiger partial charge in [-0.2, -0.15) is 5.10 Å². The molecule has 7 nitrogen and oxygen atoms in total. The second-order valence-electron chi connectivity index (χ2n) is 4.75. The Morgan fingerprint density at radius 3 is 2.80 bits per heavy atom. The zero-order chi connectivity index (χ0) is 14.7. The first-order chi connectivity index (χ1) is 9.56. The molecule has 0 aromatic carbocycles. The van der Waals surface area contributed by atoms with Crippen LogP contribution in [0, 0.1) is 0 Å². The first-order valence-corrected chi connectivity index (χ1v) is 6.76. The Balaban J connectivity index is 2.22. The standard InChI is InChI=1S/C13H19N5O2/c1-4-9(3)17-7-6-10(15-17)8-18-11(5-2)12(13(19)20)14-16-18/h6-7,9H,4-5,8H2,1-3H3,(H,19,20). The van der Waals surface area contributed by atoms with Crippen molar-refractivity contribution in [1.82, 2.24) is 24.8 Å². The molecular formula is C13H19N5O2. The van der Waals surface area contributed by atoms with Crippen molar-refractivity contribution < 1.29 is 9.90 Å². The maximum atomic E-state index is 11.0. The van der Waals surface area contributed by atoms with Gasteiger partial charge in [-0.05, 0) is 25.8 Å². The molecule has 20 heavy (non-hydrogen) atoms. The Hall–Kier alpha value is -2.18. The summed E-state index contributed by atoms with van der Waals surface area (Å²) in [6.45, 7) is 6.54. The third-order valence-corrected chi connectivity index (χ3v) is 3.39. The molecule has 0 fully saturated rings. The Morgan fingerprint density at radius 2 is 2.20 bits per heavy atom. The molecule has 2 aromatic heterocycles. The first kappa shape index (κ1) is 14.2. The van der Waals surface area contributed by atoms with E-state index in [0.29, 0.717) is 24.7 Å². The largest absolute Gasteiger partial charge is 0.476 e. The van der Waals surface area contributed by atoms with Gasteiger partial charge in [0.05, 0.1) is 17.9 Å². The van der Waals surface area contributed by atoms with Gasteiger partial charge in [0, 0.05) is 12.2 Å². The van der Waals surface area contributed by atoms with E-state index >= 15 is 0 Å². The van der Waals surface area contributed by atoms with E-state index in [2.05, 4.69) is 29.3 Å². The fourth-order valence-corrected chi connectivity index (χ4v) is 2.02. The lowest BCUT2D eigenvalue weighted by atomic mass is 10.2. The van der Waals surface area contributed by atoms with Gasteiger partial charge >= 0.3 is 5.97 Å². The molecule has 0 amide bonds. The summed E-state index contributed by atoms with van der Waals surface area (Å²) < 4.78 is 3.52. The summed E-state index contributed by atoms with van der Waals surface area (Å²) in [7, 11) is 0. The van der Waals surface area contributed by atoms with E-state index < -0.39 is 5.97 Å². The number of carboxylic acid groups (broad SMARTS) is 1. The second kappa shape index (κ2) is 5.85. The van der Waals surface area contributed by atoms with Gasteiger partial charge in [-0.25, -0.2) is 9.48 Å². The molecule has 0 aliphatic carbocycles. The number of aromatic nitrogens is 5. The highest BCUT2D eigenvalue weighted by Gasteiger charge is 2.18. The molecule has 0 aliphatic rings. The molecule has 108 valence electrons. The summed E-state index contributed by atoms with van der Waals surface area (Å²) in [5.41, 5.74) is 1.49. The predicted molar refractivity (Wildman–Crippen MR) is 72.7 cm³/mol. The fraction of sp³-hybridized carbons (Fsp3) is 0.538. The van der Waals surface area contributed by atoms with Gasteiger partial charge in [0.15, 0.2) is 5.69 Å². The molecule has 2 heterocycles. The molecular weight excluding hydrogens is 258 g/mol. The maximum absolute atomic E-state index is 11.0. The number of hydrogen-bond donors (Lipinski definition) is 1. The second-order valence-corrected chi connectivity index (χ2v) is 4.75. The van der Waals surface area contributed by atoms with Crippen molar-refractivity contribution >= 4 is 5.97 Å². The molecule has 0 aliphatic heterocycles. The zero-order valence-electron chi connectivity index (χ0n) is 11.9. The van der Waals surface area contributed by atoms with Crippen LogP contribution in [0.5, 0.6) is 0 Å². The van der Waals surface area contributed by atoms with Crippen molar-refractivity contribution in [3.63, 3.8) is 0 Å². The Kier molecular flexibility index (Phi) is 4.16. The number of hydrogen-bond acceptors (Lipinski definition) is 4. The molecule has 1 unspecified atom stereocenters. The summed E-state index contributed by atoms with van der Waals surface area (Å²) in [6, 6.07) is 2.27. The van der Waals surface area contributed by atoms with E-state index in [4.69, 9.17) is 5.11 Å². The lowest BCUT2D eigenvalue weighted by Gasteiger charge is -2.08. The molecule has 0 saturated carbocycles. The highest BCUT2D eigenvalue weighted by atomic mass is 16.4. The molecule has 2 aromatic rings. The predicted octanol–water partition coefficient (Wildman–Crippen LogP) is 1.75. The van der Waals surface area contributed by atoms with Gasteiger partial charge in [-0.15, -0.1) is 5.10 Å². The van der Waals surface area contributed by atoms with E-state index in [0.717, 1.165) is 12.1 Å². The minimum absolute atomic E-state index is 0.0221. The van der Waals surface area contributed by atoms with Gasteiger partial charge in [-0.1, -0.05) is 19.1 Å². The van der Waals surface area contributed by atoms with Crippen molar-refractivity contribution in [2.24, 2.45) is 0 Å². The molecule has 0 spiro atoms. The number of rotatable bonds is 6. The normalized spacial score (nSPS) is 12.6. The maximum Gasteiger partial charge on any atom is 0.358 e. The van der Waals surface area contributed by atoms with Crippen LogP contribution >= 0.6 is 0 Å². The lowest BCUT2D eigenvalue weighted by Crippen LogP contribution is -2.10. The Bertz CT molecular complexity index is 602. The zero-order valence-corrected chi connectivity index (χ0v) is 11.9. The lowest BCUT2D eigenvalue weighted by molar-refractivity contribution is 0.0689. The fourth-order valence-electron chi connectivity index (χ4n) is 2.02. The average Bonchev–Trinajstić information content (AvgIpc) is 3.04. The van der Waals surface area contributed by atoms with Crippen LogP contribution in [0.25, 0.3) is 0 Å². The number of aromatic carboxylic acids is 1. The molecule has 0 bridgehead atoms. The highest BCUT2D eigenvalue weighted by molar-refractivity contribution is 5.86. The van der Waals surface area contributed by atoms with Crippen LogP contribution in [0.3, 0.4) is 0 Å². The van der Waals surface area contributed by atoms with Crippen molar-refractivity contribution in [3.05, 3.63) is 29.3 Å². The van der Waals surface area contributed by atoms with Gasteiger partial charge in [-0.3, -0.25) is 4.68 Å². The SMILES string of the molecule is CCc1c(C(=O)O)nnn1Cc1ccn(C(C)CC)n1. The van der Waals surface area contributed by atoms with Crippen molar-refractivity contribution in [2.45, 2.75) is 46.2 Å². The quantitative estimate of drug-likeness (QED) is 0.869. The number of nitrogens with zero attached hydrogens (tertiary/aromatic N) is 5. The smallest absolute Gasteiger partial charge is 0.358 e. The van der Waals surface area contributed by atoms with Crippen molar-refractivity contribution in [2.75, 3.05) is 0 Å². The third kappa shape index (κ3) is 2.71. The van der Waals surface area contributed by atoms with Crippen LogP contribution in [0.2, 0.25) is 0 Å². The van der Waals surface area contributed by atoms with E-state index in [1.54, 1.807) is 4.68 Å². The van der Waals surface area contributed by atoms with Crippen LogP contribution in [-0.4, -0.2) is 35.9 Å². The molecule has 1 atom stereocenters. The van der Waals surface area contributed by atoms with E-state index in [9.17, 15) is 4.79 Å². The summed E-state index contributed by atoms with van der Waals surface area (Å²) in [4.78, 5) is 11.0. The van der Waals surface area contributed by atoms with Gasteiger partial charge in [0.2, 0.25) is 0 Å². The average molecular weight is 277 g/mol. The van der Waals surface area contributed by atoms with Crippen LogP contribution in [0.15, 0.2) is 12.3 Å². The van der Waals surface area contributed by atoms with Crippen LogP contribution in [0.4, 0.5) is 0 Å². The molecule has 0 saturated heterocycles. The number of carboxylic acids is 1. The molecule has 0 radical (unpaired) electrons. The summed E-state index contributed by atoms with van der Waals surface area (Å²) in [5.74, 6) is -1.04. The van der Waals surface area contributed by atoms with E-state index in [1.807, 2.05) is 23.9 Å². The summed E-state index contributed by atoms with van der Waals surface area (Å²) >= 11 is 0. The summed E-state index contributed by atoms with van der Waals surface area (Å²) in [5, 5.41) is 21.2. The van der Waals surface area contributed by atoms with Crippen LogP contribution < -0.4 is 0 Å². The molecule has 1 N–H and O–H groups in total. The van der Waals surface area contributed by atoms with Gasteiger partial charge < -0.3 is 5.11 Å². The monoisotopic (exact) mass is 277 g/mol. The van der Waals surface area contributed by atoms with Crippen LogP contribution in [-0.2, 0) is 13.0 Å². The first-order valence-electron chi connectivity index (χ1n) is 6.76. The van der Waals surface area contributed by atoms with Crippen LogP contribution in [0.1, 0.15) is 55.1 Å². The topological polar surface area (TPSA) is 85.8 Å². The molecule has 7 heteroatoms. The Morgan fingerprint density at radius 1 is 1.45 bits per heavy atom. The summed E-state index contributed by atoms with van der Waals surface area (Å²) in [6.07, 6.45) is 3.51. The Labute approximate surface area is 117 Å². The minimum Gasteiger partial charge on any atom is -0.476 e. The molecule has 2 rings (SSSR count). The van der Waals surface area contributed by atoms with E-state index in [-0.39, 0.29) is 5.69 Å².